The molecule has 0 atom stereocenters. The molecule has 2 rings (SSSR count). The summed E-state index contributed by atoms with van der Waals surface area (Å²) in [5, 5.41) is 0. The Labute approximate surface area is 89.9 Å². The van der Waals surface area contributed by atoms with E-state index in [1.807, 2.05) is 12.1 Å². The highest BCUT2D eigenvalue weighted by molar-refractivity contribution is 5.53. The molecule has 0 aromatic carbocycles. The normalized spacial score (nSPS) is 11.5. The first-order valence-electron chi connectivity index (χ1n) is 5.32. The maximum Gasteiger partial charge on any atom is 0.145 e. The van der Waals surface area contributed by atoms with Crippen LogP contribution >= 0.6 is 0 Å². The van der Waals surface area contributed by atoms with Gasteiger partial charge in [-0.2, -0.15) is 0 Å². The van der Waals surface area contributed by atoms with Crippen molar-refractivity contribution in [1.82, 2.24) is 9.38 Å². The monoisotopic (exact) mass is 203 g/mol. The van der Waals surface area contributed by atoms with Crippen molar-refractivity contribution in [3.63, 3.8) is 0 Å². The van der Waals surface area contributed by atoms with Gasteiger partial charge in [0.05, 0.1) is 5.69 Å². The van der Waals surface area contributed by atoms with Gasteiger partial charge in [0.15, 0.2) is 0 Å². The summed E-state index contributed by atoms with van der Waals surface area (Å²) in [6.07, 6.45) is 0.970. The van der Waals surface area contributed by atoms with Crippen LogP contribution in [-0.4, -0.2) is 9.38 Å². The van der Waals surface area contributed by atoms with Crippen molar-refractivity contribution in [2.75, 3.05) is 5.73 Å². The molecule has 0 radical (unpaired) electrons. The minimum Gasteiger partial charge on any atom is -0.382 e. The number of aromatic nitrogens is 2. The Bertz CT molecular complexity index is 483. The van der Waals surface area contributed by atoms with E-state index in [0.29, 0.717) is 11.7 Å². The first kappa shape index (κ1) is 10.0. The van der Waals surface area contributed by atoms with Gasteiger partial charge in [-0.15, -0.1) is 0 Å². The van der Waals surface area contributed by atoms with Crippen molar-refractivity contribution in [3.05, 3.63) is 29.6 Å². The maximum absolute atomic E-state index is 5.94. The number of hydrogen-bond donors (Lipinski definition) is 1. The van der Waals surface area contributed by atoms with E-state index in [0.717, 1.165) is 17.8 Å². The highest BCUT2D eigenvalue weighted by atomic mass is 15.1. The van der Waals surface area contributed by atoms with Gasteiger partial charge in [0, 0.05) is 5.69 Å². The number of pyridine rings is 1. The van der Waals surface area contributed by atoms with Gasteiger partial charge >= 0.3 is 0 Å². The summed E-state index contributed by atoms with van der Waals surface area (Å²) in [5.41, 5.74) is 9.21. The molecule has 2 aromatic heterocycles. The smallest absolute Gasteiger partial charge is 0.145 e. The molecule has 0 unspecified atom stereocenters. The van der Waals surface area contributed by atoms with Crippen LogP contribution in [0.5, 0.6) is 0 Å². The number of hydrogen-bond acceptors (Lipinski definition) is 2. The summed E-state index contributed by atoms with van der Waals surface area (Å²) in [7, 11) is 0. The third kappa shape index (κ3) is 1.69. The second-order valence-corrected chi connectivity index (χ2v) is 4.40. The third-order valence-electron chi connectivity index (χ3n) is 2.57. The largest absolute Gasteiger partial charge is 0.382 e. The number of imidazole rings is 1. The number of fused-ring (bicyclic) bond motifs is 1. The molecule has 0 aliphatic rings. The van der Waals surface area contributed by atoms with Gasteiger partial charge in [-0.1, -0.05) is 19.9 Å². The predicted octanol–water partition coefficient (Wildman–Crippen LogP) is 2.42. The topological polar surface area (TPSA) is 43.3 Å². The Hall–Kier alpha value is -1.51. The molecule has 0 aliphatic heterocycles. The zero-order valence-corrected chi connectivity index (χ0v) is 9.49. The third-order valence-corrected chi connectivity index (χ3v) is 2.57. The predicted molar refractivity (Wildman–Crippen MR) is 62.9 cm³/mol. The summed E-state index contributed by atoms with van der Waals surface area (Å²) < 4.78 is 2.15. The summed E-state index contributed by atoms with van der Waals surface area (Å²) in [6, 6.07) is 6.08. The Morgan fingerprint density at radius 1 is 1.40 bits per heavy atom. The van der Waals surface area contributed by atoms with Crippen LogP contribution in [0.3, 0.4) is 0 Å². The van der Waals surface area contributed by atoms with Crippen molar-refractivity contribution < 1.29 is 0 Å². The second kappa shape index (κ2) is 3.57. The van der Waals surface area contributed by atoms with Gasteiger partial charge in [0.2, 0.25) is 0 Å². The Kier molecular flexibility index (Phi) is 2.39. The maximum atomic E-state index is 5.94. The second-order valence-electron chi connectivity index (χ2n) is 4.40. The Morgan fingerprint density at radius 3 is 2.80 bits per heavy atom. The lowest BCUT2D eigenvalue weighted by Gasteiger charge is -2.07. The summed E-state index contributed by atoms with van der Waals surface area (Å²) >= 11 is 0. The molecule has 0 bridgehead atoms. The lowest BCUT2D eigenvalue weighted by atomic mass is 10.1. The molecule has 0 fully saturated rings. The number of nitrogens with zero attached hydrogens (tertiary/aromatic N) is 2. The summed E-state index contributed by atoms with van der Waals surface area (Å²) in [4.78, 5) is 4.37. The molecule has 3 heteroatoms. The van der Waals surface area contributed by atoms with E-state index in [2.05, 4.69) is 36.2 Å². The first-order valence-corrected chi connectivity index (χ1v) is 5.32. The van der Waals surface area contributed by atoms with E-state index in [-0.39, 0.29) is 0 Å². The molecular weight excluding hydrogens is 186 g/mol. The minimum absolute atomic E-state index is 0.590. The van der Waals surface area contributed by atoms with Gasteiger partial charge in [0.1, 0.15) is 11.5 Å². The average Bonchev–Trinajstić information content (AvgIpc) is 2.43. The van der Waals surface area contributed by atoms with Gasteiger partial charge < -0.3 is 5.73 Å². The van der Waals surface area contributed by atoms with Crippen LogP contribution < -0.4 is 5.73 Å². The molecule has 0 amide bonds. The fourth-order valence-corrected chi connectivity index (χ4v) is 1.93. The van der Waals surface area contributed by atoms with Gasteiger partial charge in [-0.25, -0.2) is 4.98 Å². The zero-order chi connectivity index (χ0) is 11.0. The highest BCUT2D eigenvalue weighted by Gasteiger charge is 2.11. The van der Waals surface area contributed by atoms with Gasteiger partial charge in [0.25, 0.3) is 0 Å². The van der Waals surface area contributed by atoms with E-state index in [1.54, 1.807) is 0 Å². The van der Waals surface area contributed by atoms with Gasteiger partial charge in [-0.05, 0) is 31.4 Å². The van der Waals surface area contributed by atoms with E-state index < -0.39 is 0 Å². The zero-order valence-electron chi connectivity index (χ0n) is 9.49. The number of aryl methyl sites for hydroxylation is 1. The fraction of sp³-hybridized carbons (Fsp3) is 0.417. The quantitative estimate of drug-likeness (QED) is 0.814. The van der Waals surface area contributed by atoms with Crippen molar-refractivity contribution in [2.45, 2.75) is 27.2 Å². The lowest BCUT2D eigenvalue weighted by Crippen LogP contribution is -2.03. The molecule has 0 saturated carbocycles. The van der Waals surface area contributed by atoms with Crippen molar-refractivity contribution in [1.29, 1.82) is 0 Å². The highest BCUT2D eigenvalue weighted by Crippen LogP contribution is 2.19. The van der Waals surface area contributed by atoms with Crippen LogP contribution in [0.2, 0.25) is 0 Å². The van der Waals surface area contributed by atoms with Crippen LogP contribution in [0.4, 0.5) is 5.82 Å². The molecule has 0 aliphatic carbocycles. The van der Waals surface area contributed by atoms with Crippen LogP contribution in [0, 0.1) is 12.8 Å². The minimum atomic E-state index is 0.590. The number of nitrogen functional groups attached to an aromatic ring is 1. The molecular formula is C12H17N3. The molecule has 15 heavy (non-hydrogen) atoms. The first-order chi connectivity index (χ1) is 7.09. The van der Waals surface area contributed by atoms with E-state index in [1.165, 1.54) is 5.69 Å². The van der Waals surface area contributed by atoms with Crippen molar-refractivity contribution in [3.8, 4) is 0 Å². The van der Waals surface area contributed by atoms with Crippen LogP contribution in [0.1, 0.15) is 25.2 Å². The number of nitrogens with two attached hydrogens (primary N) is 1. The molecule has 80 valence electrons. The summed E-state index contributed by atoms with van der Waals surface area (Å²) in [5.74, 6) is 1.25. The lowest BCUT2D eigenvalue weighted by molar-refractivity contribution is 0.632. The van der Waals surface area contributed by atoms with Gasteiger partial charge in [-0.3, -0.25) is 4.40 Å². The molecule has 2 aromatic rings. The van der Waals surface area contributed by atoms with E-state index >= 15 is 0 Å². The molecule has 0 saturated heterocycles. The fourth-order valence-electron chi connectivity index (χ4n) is 1.93. The Morgan fingerprint density at radius 2 is 2.13 bits per heavy atom. The average molecular weight is 203 g/mol. The van der Waals surface area contributed by atoms with Crippen LogP contribution in [0.25, 0.3) is 5.65 Å². The molecule has 3 nitrogen and oxygen atoms in total. The SMILES string of the molecule is Cc1cccc2nc(N)c(CC(C)C)n12. The molecule has 0 spiro atoms. The Balaban J connectivity index is 2.65. The number of rotatable bonds is 2. The molecule has 2 heterocycles. The van der Waals surface area contributed by atoms with Crippen molar-refractivity contribution >= 4 is 11.5 Å². The van der Waals surface area contributed by atoms with Crippen LogP contribution in [-0.2, 0) is 6.42 Å². The standard InChI is InChI=1S/C12H17N3/c1-8(2)7-10-12(13)14-11-6-4-5-9(3)15(10)11/h4-6,8H,7,13H2,1-3H3. The molecule has 2 N–H and O–H groups in total. The summed E-state index contributed by atoms with van der Waals surface area (Å²) in [6.45, 7) is 6.46. The van der Waals surface area contributed by atoms with Crippen LogP contribution in [0.15, 0.2) is 18.2 Å². The number of anilines is 1. The van der Waals surface area contributed by atoms with Crippen molar-refractivity contribution in [2.24, 2.45) is 5.92 Å². The van der Waals surface area contributed by atoms with E-state index in [4.69, 9.17) is 5.73 Å². The van der Waals surface area contributed by atoms with E-state index in [9.17, 15) is 0 Å².